The molecule has 0 unspecified atom stereocenters. The minimum Gasteiger partial charge on any atom is -0.0622 e. The van der Waals surface area contributed by atoms with E-state index in [4.69, 9.17) is 0 Å². The lowest BCUT2D eigenvalue weighted by Crippen LogP contribution is -1.91. The van der Waals surface area contributed by atoms with Gasteiger partial charge in [-0.3, -0.25) is 0 Å². The van der Waals surface area contributed by atoms with Gasteiger partial charge in [0.25, 0.3) is 0 Å². The number of hydrogen-bond donors (Lipinski definition) is 0. The number of rotatable bonds is 2. The van der Waals surface area contributed by atoms with E-state index in [9.17, 15) is 0 Å². The van der Waals surface area contributed by atoms with Crippen LogP contribution in [0.3, 0.4) is 0 Å². The molecule has 0 radical (unpaired) electrons. The lowest BCUT2D eigenvalue weighted by molar-refractivity contribution is 1.65. The summed E-state index contributed by atoms with van der Waals surface area (Å²) in [5, 5.41) is 7.64. The molecule has 31 heavy (non-hydrogen) atoms. The van der Waals surface area contributed by atoms with E-state index < -0.39 is 0 Å². The molecule has 0 aliphatic heterocycles. The molecule has 0 spiro atoms. The molecule has 6 rings (SSSR count). The molecule has 0 aliphatic carbocycles. The van der Waals surface area contributed by atoms with E-state index in [0.29, 0.717) is 0 Å². The van der Waals surface area contributed by atoms with Gasteiger partial charge in [-0.2, -0.15) is 0 Å². The average Bonchev–Trinajstić information content (AvgIpc) is 2.82. The van der Waals surface area contributed by atoms with Crippen LogP contribution in [-0.4, -0.2) is 0 Å². The first-order chi connectivity index (χ1) is 15.3. The Morgan fingerprint density at radius 3 is 1.77 bits per heavy atom. The molecule has 0 bridgehead atoms. The van der Waals surface area contributed by atoms with E-state index >= 15 is 0 Å². The Kier molecular flexibility index (Phi) is 4.36. The van der Waals surface area contributed by atoms with E-state index in [2.05, 4.69) is 131 Å². The van der Waals surface area contributed by atoms with E-state index in [1.165, 1.54) is 54.6 Å². The molecule has 0 N–H and O–H groups in total. The van der Waals surface area contributed by atoms with Crippen molar-refractivity contribution in [3.05, 3.63) is 120 Å². The predicted octanol–water partition coefficient (Wildman–Crippen LogP) is 9.24. The van der Waals surface area contributed by atoms with Gasteiger partial charge in [0.2, 0.25) is 0 Å². The van der Waals surface area contributed by atoms with E-state index in [-0.39, 0.29) is 0 Å². The highest BCUT2D eigenvalue weighted by molar-refractivity contribution is 9.10. The Bertz CT molecular complexity index is 1580. The van der Waals surface area contributed by atoms with Crippen molar-refractivity contribution in [2.45, 2.75) is 0 Å². The van der Waals surface area contributed by atoms with Gasteiger partial charge in [0.05, 0.1) is 0 Å². The van der Waals surface area contributed by atoms with Crippen LogP contribution in [0, 0.1) is 0 Å². The molecule has 0 saturated heterocycles. The Balaban J connectivity index is 1.80. The Morgan fingerprint density at radius 2 is 1.00 bits per heavy atom. The number of fused-ring (bicyclic) bond motifs is 3. The molecular formula is C30H19Br. The molecule has 0 aliphatic rings. The van der Waals surface area contributed by atoms with Gasteiger partial charge in [0.15, 0.2) is 0 Å². The van der Waals surface area contributed by atoms with E-state index in [0.717, 1.165) is 4.47 Å². The summed E-state index contributed by atoms with van der Waals surface area (Å²) in [4.78, 5) is 0. The molecule has 6 aromatic rings. The quantitative estimate of drug-likeness (QED) is 0.226. The summed E-state index contributed by atoms with van der Waals surface area (Å²) in [7, 11) is 0. The molecule has 0 heterocycles. The summed E-state index contributed by atoms with van der Waals surface area (Å²) in [6.45, 7) is 0. The van der Waals surface area contributed by atoms with Crippen molar-refractivity contribution in [1.82, 2.24) is 0 Å². The summed E-state index contributed by atoms with van der Waals surface area (Å²) < 4.78 is 1.09. The SMILES string of the molecule is Brc1ccc2c(-c3ccc4ccccc4c3)c3ccccc3c(-c3ccccc3)c2c1. The topological polar surface area (TPSA) is 0 Å². The zero-order valence-corrected chi connectivity index (χ0v) is 18.4. The molecule has 0 aromatic heterocycles. The van der Waals surface area contributed by atoms with Crippen LogP contribution in [-0.2, 0) is 0 Å². The molecule has 0 atom stereocenters. The number of benzene rings is 6. The van der Waals surface area contributed by atoms with Gasteiger partial charge < -0.3 is 0 Å². The van der Waals surface area contributed by atoms with Crippen LogP contribution in [0.2, 0.25) is 0 Å². The molecule has 0 amide bonds. The van der Waals surface area contributed by atoms with Crippen molar-refractivity contribution in [3.8, 4) is 22.3 Å². The molecule has 1 heteroatoms. The average molecular weight is 459 g/mol. The molecular weight excluding hydrogens is 440 g/mol. The molecule has 6 aromatic carbocycles. The number of halogens is 1. The summed E-state index contributed by atoms with van der Waals surface area (Å²) in [6.07, 6.45) is 0. The van der Waals surface area contributed by atoms with Crippen LogP contribution in [0.4, 0.5) is 0 Å². The maximum Gasteiger partial charge on any atom is 0.0181 e. The van der Waals surface area contributed by atoms with Crippen LogP contribution in [0.25, 0.3) is 54.6 Å². The third kappa shape index (κ3) is 3.05. The first-order valence-electron chi connectivity index (χ1n) is 10.5. The Labute approximate surface area is 189 Å². The second-order valence-corrected chi connectivity index (χ2v) is 8.83. The second kappa shape index (κ2) is 7.37. The van der Waals surface area contributed by atoms with Crippen molar-refractivity contribution in [1.29, 1.82) is 0 Å². The Hall–Kier alpha value is -3.42. The third-order valence-electron chi connectivity index (χ3n) is 6.09. The smallest absolute Gasteiger partial charge is 0.0181 e. The highest BCUT2D eigenvalue weighted by atomic mass is 79.9. The van der Waals surface area contributed by atoms with Crippen LogP contribution in [0.1, 0.15) is 0 Å². The van der Waals surface area contributed by atoms with E-state index in [1.807, 2.05) is 0 Å². The van der Waals surface area contributed by atoms with Crippen molar-refractivity contribution >= 4 is 48.2 Å². The third-order valence-corrected chi connectivity index (χ3v) is 6.58. The summed E-state index contributed by atoms with van der Waals surface area (Å²) in [6, 6.07) is 41.6. The predicted molar refractivity (Wildman–Crippen MR) is 138 cm³/mol. The van der Waals surface area contributed by atoms with E-state index in [1.54, 1.807) is 0 Å². The monoisotopic (exact) mass is 458 g/mol. The van der Waals surface area contributed by atoms with Crippen LogP contribution in [0.15, 0.2) is 120 Å². The molecule has 146 valence electrons. The minimum absolute atomic E-state index is 1.09. The van der Waals surface area contributed by atoms with Crippen LogP contribution >= 0.6 is 15.9 Å². The lowest BCUT2D eigenvalue weighted by Gasteiger charge is -2.18. The first kappa shape index (κ1) is 18.4. The van der Waals surface area contributed by atoms with Crippen LogP contribution < -0.4 is 0 Å². The normalized spacial score (nSPS) is 11.4. The summed E-state index contributed by atoms with van der Waals surface area (Å²) >= 11 is 3.72. The molecule has 0 nitrogen and oxygen atoms in total. The van der Waals surface area contributed by atoms with Gasteiger partial charge in [-0.1, -0.05) is 113 Å². The first-order valence-corrected chi connectivity index (χ1v) is 11.3. The van der Waals surface area contributed by atoms with Gasteiger partial charge in [0.1, 0.15) is 0 Å². The zero-order valence-electron chi connectivity index (χ0n) is 16.8. The highest BCUT2D eigenvalue weighted by Gasteiger charge is 2.16. The number of hydrogen-bond acceptors (Lipinski definition) is 0. The van der Waals surface area contributed by atoms with Gasteiger partial charge in [-0.05, 0) is 72.8 Å². The Morgan fingerprint density at radius 1 is 0.387 bits per heavy atom. The second-order valence-electron chi connectivity index (χ2n) is 7.91. The zero-order chi connectivity index (χ0) is 20.8. The highest BCUT2D eigenvalue weighted by Crippen LogP contribution is 2.44. The standard InChI is InChI=1S/C30H19Br/c31-24-16-17-27-28(19-24)29(21-9-2-1-3-10-21)25-12-6-7-13-26(25)30(27)23-15-14-20-8-4-5-11-22(20)18-23/h1-19H. The van der Waals surface area contributed by atoms with Crippen molar-refractivity contribution < 1.29 is 0 Å². The van der Waals surface area contributed by atoms with Crippen molar-refractivity contribution in [2.75, 3.05) is 0 Å². The molecule has 0 saturated carbocycles. The molecule has 0 fully saturated rings. The van der Waals surface area contributed by atoms with Crippen molar-refractivity contribution in [3.63, 3.8) is 0 Å². The van der Waals surface area contributed by atoms with Crippen LogP contribution in [0.5, 0.6) is 0 Å². The van der Waals surface area contributed by atoms with Gasteiger partial charge in [-0.25, -0.2) is 0 Å². The van der Waals surface area contributed by atoms with Crippen molar-refractivity contribution in [2.24, 2.45) is 0 Å². The largest absolute Gasteiger partial charge is 0.0622 e. The fraction of sp³-hybridized carbons (Fsp3) is 0. The maximum atomic E-state index is 3.72. The fourth-order valence-electron chi connectivity index (χ4n) is 4.72. The van der Waals surface area contributed by atoms with Gasteiger partial charge >= 0.3 is 0 Å². The maximum absolute atomic E-state index is 3.72. The fourth-order valence-corrected chi connectivity index (χ4v) is 5.08. The summed E-state index contributed by atoms with van der Waals surface area (Å²) in [5.74, 6) is 0. The lowest BCUT2D eigenvalue weighted by atomic mass is 9.85. The summed E-state index contributed by atoms with van der Waals surface area (Å²) in [5.41, 5.74) is 5.08. The minimum atomic E-state index is 1.09. The van der Waals surface area contributed by atoms with Gasteiger partial charge in [-0.15, -0.1) is 0 Å². The van der Waals surface area contributed by atoms with Gasteiger partial charge in [0, 0.05) is 4.47 Å².